The van der Waals surface area contributed by atoms with Gasteiger partial charge in [0.25, 0.3) is 10.0 Å². The molecule has 3 rings (SSSR count). The van der Waals surface area contributed by atoms with E-state index < -0.39 is 53.2 Å². The second-order valence-electron chi connectivity index (χ2n) is 6.07. The molecule has 154 valence electrons. The van der Waals surface area contributed by atoms with E-state index in [1.165, 1.54) is 13.0 Å². The summed E-state index contributed by atoms with van der Waals surface area (Å²) in [7, 11) is -8.44. The fraction of sp³-hybridized carbons (Fsp3) is 0.176. The fourth-order valence-corrected chi connectivity index (χ4v) is 5.46. The van der Waals surface area contributed by atoms with E-state index in [1.807, 2.05) is 0 Å². The predicted molar refractivity (Wildman–Crippen MR) is 102 cm³/mol. The highest BCUT2D eigenvalue weighted by molar-refractivity contribution is 7.93. The van der Waals surface area contributed by atoms with Crippen LogP contribution in [-0.2, 0) is 24.7 Å². The van der Waals surface area contributed by atoms with E-state index in [9.17, 15) is 30.4 Å². The molecule has 2 aromatic rings. The second kappa shape index (κ2) is 7.52. The summed E-state index contributed by atoms with van der Waals surface area (Å²) in [5, 5.41) is 2.99. The monoisotopic (exact) mass is 443 g/mol. The smallest absolute Gasteiger partial charge is 0.285 e. The molecule has 2 N–H and O–H groups in total. The Morgan fingerprint density at radius 2 is 1.93 bits per heavy atom. The molecule has 8 nitrogen and oxygen atoms in total. The van der Waals surface area contributed by atoms with Gasteiger partial charge in [0.2, 0.25) is 5.91 Å². The summed E-state index contributed by atoms with van der Waals surface area (Å²) in [6.45, 7) is 1.42. The van der Waals surface area contributed by atoms with Crippen LogP contribution in [0.2, 0.25) is 0 Å². The number of carbonyl (C=O) groups excluding carboxylic acids is 1. The SMILES string of the molecule is CC[C@H](C(=O)Nc1cc(F)ccc1F)S(=O)(=O)c1ccc2c(c1)S(=O)(=O)N=CN2. The highest BCUT2D eigenvalue weighted by Gasteiger charge is 2.34. The number of anilines is 2. The van der Waals surface area contributed by atoms with Gasteiger partial charge >= 0.3 is 0 Å². The number of hydrogen-bond donors (Lipinski definition) is 2. The molecule has 1 aliphatic heterocycles. The first-order valence-corrected chi connectivity index (χ1v) is 11.2. The summed E-state index contributed by atoms with van der Waals surface area (Å²) in [6, 6.07) is 5.66. The van der Waals surface area contributed by atoms with Crippen LogP contribution in [0.15, 0.2) is 50.6 Å². The molecule has 1 aliphatic rings. The van der Waals surface area contributed by atoms with E-state index in [0.29, 0.717) is 0 Å². The lowest BCUT2D eigenvalue weighted by Crippen LogP contribution is -2.35. The summed E-state index contributed by atoms with van der Waals surface area (Å²) in [4.78, 5) is 11.7. The molecule has 0 saturated heterocycles. The van der Waals surface area contributed by atoms with Crippen LogP contribution < -0.4 is 10.6 Å². The van der Waals surface area contributed by atoms with Crippen molar-refractivity contribution >= 4 is 43.5 Å². The molecule has 12 heteroatoms. The number of carbonyl (C=O) groups is 1. The molecule has 0 saturated carbocycles. The van der Waals surface area contributed by atoms with Crippen LogP contribution in [-0.4, -0.2) is 34.3 Å². The van der Waals surface area contributed by atoms with Crippen molar-refractivity contribution in [2.24, 2.45) is 4.40 Å². The van der Waals surface area contributed by atoms with Crippen LogP contribution in [0.1, 0.15) is 13.3 Å². The second-order valence-corrected chi connectivity index (χ2v) is 9.80. The third kappa shape index (κ3) is 3.98. The lowest BCUT2D eigenvalue weighted by molar-refractivity contribution is -0.115. The molecular formula is C17H15F2N3O5S2. The Morgan fingerprint density at radius 1 is 1.21 bits per heavy atom. The van der Waals surface area contributed by atoms with E-state index in [2.05, 4.69) is 15.0 Å². The molecule has 0 radical (unpaired) electrons. The normalized spacial score (nSPS) is 15.8. The number of benzene rings is 2. The van der Waals surface area contributed by atoms with E-state index in [0.717, 1.165) is 36.7 Å². The van der Waals surface area contributed by atoms with Crippen molar-refractivity contribution in [2.75, 3.05) is 10.6 Å². The van der Waals surface area contributed by atoms with Gasteiger partial charge in [0.05, 0.1) is 16.3 Å². The number of hydrogen-bond acceptors (Lipinski definition) is 6. The minimum absolute atomic E-state index is 0.137. The quantitative estimate of drug-likeness (QED) is 0.731. The van der Waals surface area contributed by atoms with Gasteiger partial charge in [0, 0.05) is 6.07 Å². The van der Waals surface area contributed by atoms with Crippen molar-refractivity contribution in [3.05, 3.63) is 48.0 Å². The van der Waals surface area contributed by atoms with E-state index in [1.54, 1.807) is 0 Å². The average Bonchev–Trinajstić information content (AvgIpc) is 2.64. The number of sulfone groups is 1. The number of amides is 1. The summed E-state index contributed by atoms with van der Waals surface area (Å²) in [5.41, 5.74) is -0.367. The molecule has 0 spiro atoms. The highest BCUT2D eigenvalue weighted by Crippen LogP contribution is 2.30. The van der Waals surface area contributed by atoms with Crippen molar-refractivity contribution in [3.8, 4) is 0 Å². The maximum Gasteiger partial charge on any atom is 0.285 e. The van der Waals surface area contributed by atoms with Gasteiger partial charge < -0.3 is 10.6 Å². The molecule has 2 aromatic carbocycles. The number of halogens is 2. The predicted octanol–water partition coefficient (Wildman–Crippen LogP) is 2.30. The first-order valence-electron chi connectivity index (χ1n) is 8.25. The summed E-state index contributed by atoms with van der Waals surface area (Å²) in [6.07, 6.45) is 0.771. The van der Waals surface area contributed by atoms with Crippen LogP contribution in [0.25, 0.3) is 0 Å². The van der Waals surface area contributed by atoms with Gasteiger partial charge in [-0.3, -0.25) is 4.79 Å². The summed E-state index contributed by atoms with van der Waals surface area (Å²) < 4.78 is 80.4. The van der Waals surface area contributed by atoms with Crippen LogP contribution in [0.5, 0.6) is 0 Å². The molecule has 0 fully saturated rings. The van der Waals surface area contributed by atoms with Crippen molar-refractivity contribution in [2.45, 2.75) is 28.4 Å². The van der Waals surface area contributed by atoms with E-state index in [-0.39, 0.29) is 17.0 Å². The van der Waals surface area contributed by atoms with Gasteiger partial charge in [-0.25, -0.2) is 17.2 Å². The zero-order chi connectivity index (χ0) is 21.4. The van der Waals surface area contributed by atoms with E-state index >= 15 is 0 Å². The molecule has 0 aliphatic carbocycles. The Balaban J connectivity index is 1.97. The number of nitrogens with one attached hydrogen (secondary N) is 2. The van der Waals surface area contributed by atoms with Gasteiger partial charge in [0.15, 0.2) is 9.84 Å². The molecule has 1 amide bonds. The third-order valence-corrected chi connectivity index (χ3v) is 7.68. The lowest BCUT2D eigenvalue weighted by atomic mass is 10.2. The Hall–Kier alpha value is -2.86. The van der Waals surface area contributed by atoms with Crippen molar-refractivity contribution in [3.63, 3.8) is 0 Å². The number of fused-ring (bicyclic) bond motifs is 1. The molecule has 0 unspecified atom stereocenters. The van der Waals surface area contributed by atoms with Gasteiger partial charge in [-0.15, -0.1) is 4.40 Å². The van der Waals surface area contributed by atoms with Gasteiger partial charge in [-0.1, -0.05) is 6.92 Å². The van der Waals surface area contributed by atoms with Crippen LogP contribution in [0.3, 0.4) is 0 Å². The topological polar surface area (TPSA) is 122 Å². The maximum absolute atomic E-state index is 13.8. The number of sulfonamides is 1. The van der Waals surface area contributed by atoms with Crippen LogP contribution >= 0.6 is 0 Å². The Bertz CT molecular complexity index is 1230. The Kier molecular flexibility index (Phi) is 5.41. The molecule has 29 heavy (non-hydrogen) atoms. The summed E-state index contributed by atoms with van der Waals surface area (Å²) in [5.74, 6) is -2.82. The minimum atomic E-state index is -4.35. The maximum atomic E-state index is 13.8. The zero-order valence-corrected chi connectivity index (χ0v) is 16.5. The third-order valence-electron chi connectivity index (χ3n) is 4.20. The molecule has 0 bridgehead atoms. The molecular weight excluding hydrogens is 428 g/mol. The van der Waals surface area contributed by atoms with Crippen molar-refractivity contribution in [1.29, 1.82) is 0 Å². The number of rotatable bonds is 5. The molecule has 1 atom stereocenters. The van der Waals surface area contributed by atoms with Crippen molar-refractivity contribution in [1.82, 2.24) is 0 Å². The highest BCUT2D eigenvalue weighted by atomic mass is 32.2. The van der Waals surface area contributed by atoms with E-state index in [4.69, 9.17) is 0 Å². The standard InChI is InChI=1S/C17H15F2N3O5S2/c1-2-15(17(23)22-14-7-10(18)3-5-12(14)19)28(24,25)11-4-6-13-16(8-11)29(26,27)21-9-20-13/h3-9,15H,2H2,1H3,(H,20,21)(H,22,23)/t15-/m1/s1. The zero-order valence-electron chi connectivity index (χ0n) is 14.9. The first-order chi connectivity index (χ1) is 13.6. The minimum Gasteiger partial charge on any atom is -0.345 e. The van der Waals surface area contributed by atoms with Crippen LogP contribution in [0, 0.1) is 11.6 Å². The molecule has 1 heterocycles. The van der Waals surface area contributed by atoms with Gasteiger partial charge in [-0.2, -0.15) is 8.42 Å². The van der Waals surface area contributed by atoms with Gasteiger partial charge in [-0.05, 0) is 36.8 Å². The molecule has 0 aromatic heterocycles. The average molecular weight is 443 g/mol. The Labute approximate surface area is 165 Å². The van der Waals surface area contributed by atoms with Gasteiger partial charge in [0.1, 0.15) is 28.1 Å². The Morgan fingerprint density at radius 3 is 2.62 bits per heavy atom. The number of nitrogens with zero attached hydrogens (tertiary/aromatic N) is 1. The van der Waals surface area contributed by atoms with Crippen LogP contribution in [0.4, 0.5) is 20.2 Å². The summed E-state index contributed by atoms with van der Waals surface area (Å²) >= 11 is 0. The first kappa shape index (κ1) is 20.9. The van der Waals surface area contributed by atoms with Crippen molar-refractivity contribution < 1.29 is 30.4 Å². The fourth-order valence-electron chi connectivity index (χ4n) is 2.75. The lowest BCUT2D eigenvalue weighted by Gasteiger charge is -2.18. The largest absolute Gasteiger partial charge is 0.345 e.